The fourth-order valence-electron chi connectivity index (χ4n) is 1.63. The summed E-state index contributed by atoms with van der Waals surface area (Å²) in [6.07, 6.45) is 15.1. The van der Waals surface area contributed by atoms with E-state index in [-0.39, 0.29) is 0 Å². The Kier molecular flexibility index (Phi) is 16.6. The van der Waals surface area contributed by atoms with E-state index in [0.29, 0.717) is 5.82 Å². The molecule has 2 N–H and O–H groups in total. The molecule has 0 atom stereocenters. The van der Waals surface area contributed by atoms with Crippen LogP contribution in [0.5, 0.6) is 0 Å². The third-order valence-electron chi connectivity index (χ3n) is 2.71. The van der Waals surface area contributed by atoms with Gasteiger partial charge in [0.2, 0.25) is 0 Å². The van der Waals surface area contributed by atoms with E-state index in [2.05, 4.69) is 30.8 Å². The molecule has 0 radical (unpaired) electrons. The van der Waals surface area contributed by atoms with Crippen LogP contribution in [0.2, 0.25) is 0 Å². The summed E-state index contributed by atoms with van der Waals surface area (Å²) in [5, 5.41) is 0. The first-order valence-electron chi connectivity index (χ1n) is 8.33. The van der Waals surface area contributed by atoms with Crippen LogP contribution < -0.4 is 5.73 Å². The van der Waals surface area contributed by atoms with Gasteiger partial charge in [-0.2, -0.15) is 0 Å². The number of thiol groups is 1. The number of rotatable bonds is 5. The van der Waals surface area contributed by atoms with Crippen molar-refractivity contribution >= 4 is 24.0 Å². The van der Waals surface area contributed by atoms with Crippen molar-refractivity contribution in [3.8, 4) is 0 Å². The normalized spacial score (nSPS) is 11.4. The maximum absolute atomic E-state index is 5.66. The number of aromatic nitrogens is 1. The molecule has 1 aromatic heterocycles. The Bertz CT molecular complexity index is 635. The van der Waals surface area contributed by atoms with E-state index in [1.54, 1.807) is 18.2 Å². The Morgan fingerprint density at radius 3 is 2.24 bits per heavy atom. The van der Waals surface area contributed by atoms with Crippen LogP contribution in [0, 0.1) is 6.92 Å². The molecule has 2 nitrogen and oxygen atoms in total. The molecule has 0 fully saturated rings. The topological polar surface area (TPSA) is 38.9 Å². The molecule has 25 heavy (non-hydrogen) atoms. The molecule has 0 amide bonds. The molecule has 0 bridgehead atoms. The number of aryl methyl sites for hydroxylation is 1. The van der Waals surface area contributed by atoms with Gasteiger partial charge in [0, 0.05) is 4.91 Å². The van der Waals surface area contributed by atoms with E-state index in [0.717, 1.165) is 21.7 Å². The van der Waals surface area contributed by atoms with Gasteiger partial charge in [-0.05, 0) is 44.1 Å². The quantitative estimate of drug-likeness (QED) is 0.455. The van der Waals surface area contributed by atoms with Gasteiger partial charge < -0.3 is 5.73 Å². The van der Waals surface area contributed by atoms with Crippen LogP contribution in [0.15, 0.2) is 78.8 Å². The van der Waals surface area contributed by atoms with Gasteiger partial charge in [0.25, 0.3) is 0 Å². The van der Waals surface area contributed by atoms with E-state index in [9.17, 15) is 0 Å². The molecule has 0 aliphatic rings. The number of allylic oxidation sites excluding steroid dienone is 9. The first-order chi connectivity index (χ1) is 12.0. The fraction of sp³-hybridized carbons (Fsp3) is 0.227. The second-order valence-electron chi connectivity index (χ2n) is 4.58. The molecule has 3 heteroatoms. The largest absolute Gasteiger partial charge is 0.384 e. The van der Waals surface area contributed by atoms with Crippen LogP contribution in [0.25, 0.3) is 5.57 Å². The van der Waals surface area contributed by atoms with Crippen molar-refractivity contribution in [2.24, 2.45) is 0 Å². The minimum atomic E-state index is 0.531. The highest BCUT2D eigenvalue weighted by Gasteiger charge is 2.03. The van der Waals surface area contributed by atoms with Crippen molar-refractivity contribution in [2.75, 3.05) is 5.73 Å². The van der Waals surface area contributed by atoms with Gasteiger partial charge in [-0.25, -0.2) is 4.98 Å². The van der Waals surface area contributed by atoms with Crippen LogP contribution >= 0.6 is 12.6 Å². The van der Waals surface area contributed by atoms with Gasteiger partial charge in [0.05, 0.1) is 5.69 Å². The second kappa shape index (κ2) is 16.6. The standard InChI is InChI=1S/C13H16N2.C7H10S.C2H6/c1-4-6-7-11(5-2)13-10(3)8-9-12(14)15-13;1-3-5-7(8)6-4-2;1-2/h4-9H,2H2,1,3H3,(H2,14,15);3-6,8H,1H2,2H3;1-2H3/b6-4+,11-7+;6-4-,7-5+;. The first kappa shape index (κ1) is 25.0. The highest BCUT2D eigenvalue weighted by molar-refractivity contribution is 7.84. The summed E-state index contributed by atoms with van der Waals surface area (Å²) in [6.45, 7) is 17.2. The minimum Gasteiger partial charge on any atom is -0.384 e. The molecular formula is C22H32N2S. The number of nitrogens with zero attached hydrogens (tertiary/aromatic N) is 1. The van der Waals surface area contributed by atoms with Crippen LogP contribution in [0.3, 0.4) is 0 Å². The molecule has 0 aliphatic heterocycles. The molecule has 0 unspecified atom stereocenters. The van der Waals surface area contributed by atoms with E-state index in [1.807, 2.05) is 77.1 Å². The predicted octanol–water partition coefficient (Wildman–Crippen LogP) is 6.71. The molecule has 0 saturated carbocycles. The summed E-state index contributed by atoms with van der Waals surface area (Å²) in [6, 6.07) is 3.76. The Morgan fingerprint density at radius 1 is 1.12 bits per heavy atom. The van der Waals surface area contributed by atoms with E-state index < -0.39 is 0 Å². The summed E-state index contributed by atoms with van der Waals surface area (Å²) in [5.41, 5.74) is 8.63. The van der Waals surface area contributed by atoms with Crippen molar-refractivity contribution in [3.63, 3.8) is 0 Å². The maximum atomic E-state index is 5.66. The molecule has 0 spiro atoms. The molecule has 1 aromatic rings. The van der Waals surface area contributed by atoms with E-state index in [1.165, 1.54) is 0 Å². The lowest BCUT2D eigenvalue weighted by atomic mass is 10.1. The average molecular weight is 357 g/mol. The van der Waals surface area contributed by atoms with Gasteiger partial charge in [0.1, 0.15) is 5.82 Å². The number of nitrogen functional groups attached to an aromatic ring is 1. The summed E-state index contributed by atoms with van der Waals surface area (Å²) in [4.78, 5) is 5.23. The van der Waals surface area contributed by atoms with E-state index in [4.69, 9.17) is 5.73 Å². The number of hydrogen-bond donors (Lipinski definition) is 2. The molecule has 0 saturated heterocycles. The number of nitrogens with two attached hydrogens (primary N) is 1. The van der Waals surface area contributed by atoms with Crippen LogP contribution in [-0.4, -0.2) is 4.98 Å². The van der Waals surface area contributed by atoms with Crippen molar-refractivity contribution in [3.05, 3.63) is 90.1 Å². The Hall–Kier alpha value is -2.26. The van der Waals surface area contributed by atoms with Gasteiger partial charge in [-0.3, -0.25) is 0 Å². The molecule has 0 aliphatic carbocycles. The zero-order valence-electron chi connectivity index (χ0n) is 16.2. The average Bonchev–Trinajstić information content (AvgIpc) is 2.61. The minimum absolute atomic E-state index is 0.531. The molecule has 1 rings (SSSR count). The maximum Gasteiger partial charge on any atom is 0.124 e. The van der Waals surface area contributed by atoms with Crippen molar-refractivity contribution in [2.45, 2.75) is 34.6 Å². The highest BCUT2D eigenvalue weighted by atomic mass is 32.1. The van der Waals surface area contributed by atoms with Crippen molar-refractivity contribution in [1.29, 1.82) is 0 Å². The van der Waals surface area contributed by atoms with Gasteiger partial charge in [-0.1, -0.05) is 75.6 Å². The van der Waals surface area contributed by atoms with Gasteiger partial charge in [0.15, 0.2) is 0 Å². The zero-order valence-corrected chi connectivity index (χ0v) is 17.1. The van der Waals surface area contributed by atoms with Crippen molar-refractivity contribution in [1.82, 2.24) is 4.98 Å². The van der Waals surface area contributed by atoms with E-state index >= 15 is 0 Å². The third-order valence-corrected chi connectivity index (χ3v) is 3.00. The molecule has 136 valence electrons. The number of hydrogen-bond acceptors (Lipinski definition) is 3. The van der Waals surface area contributed by atoms with Crippen molar-refractivity contribution < 1.29 is 0 Å². The molecule has 0 aromatic carbocycles. The SMILES string of the molecule is C=C/C(=C\C=C\C)c1nc(N)ccc1C.C=C/C=C(S)\C=C/C.CC. The lowest BCUT2D eigenvalue weighted by Gasteiger charge is -2.05. The fourth-order valence-corrected chi connectivity index (χ4v) is 1.88. The summed E-state index contributed by atoms with van der Waals surface area (Å²) < 4.78 is 0. The monoisotopic (exact) mass is 356 g/mol. The first-order valence-corrected chi connectivity index (χ1v) is 8.78. The lowest BCUT2D eigenvalue weighted by molar-refractivity contribution is 1.23. The number of anilines is 1. The Morgan fingerprint density at radius 2 is 1.76 bits per heavy atom. The molecule has 1 heterocycles. The third kappa shape index (κ3) is 11.8. The lowest BCUT2D eigenvalue weighted by Crippen LogP contribution is -1.96. The summed E-state index contributed by atoms with van der Waals surface area (Å²) >= 11 is 4.09. The highest BCUT2D eigenvalue weighted by Crippen LogP contribution is 2.18. The van der Waals surface area contributed by atoms with Crippen LogP contribution in [0.4, 0.5) is 5.82 Å². The van der Waals surface area contributed by atoms with Gasteiger partial charge >= 0.3 is 0 Å². The number of pyridine rings is 1. The molecular weight excluding hydrogens is 324 g/mol. The smallest absolute Gasteiger partial charge is 0.124 e. The zero-order chi connectivity index (χ0) is 19.7. The summed E-state index contributed by atoms with van der Waals surface area (Å²) in [7, 11) is 0. The summed E-state index contributed by atoms with van der Waals surface area (Å²) in [5.74, 6) is 0.531. The Labute approximate surface area is 159 Å². The van der Waals surface area contributed by atoms with Gasteiger partial charge in [-0.15, -0.1) is 12.6 Å². The van der Waals surface area contributed by atoms with Crippen LogP contribution in [0.1, 0.15) is 39.0 Å². The second-order valence-corrected chi connectivity index (χ2v) is 5.10. The van der Waals surface area contributed by atoms with Crippen LogP contribution in [-0.2, 0) is 0 Å². The predicted molar refractivity (Wildman–Crippen MR) is 120 cm³/mol. The Balaban J connectivity index is 0.